The van der Waals surface area contributed by atoms with Gasteiger partial charge in [0.1, 0.15) is 11.5 Å². The van der Waals surface area contributed by atoms with Gasteiger partial charge in [0, 0.05) is 11.6 Å². The molecule has 0 saturated heterocycles. The second-order valence-electron chi connectivity index (χ2n) is 6.28. The average molecular weight is 327 g/mol. The van der Waals surface area contributed by atoms with Crippen molar-refractivity contribution in [1.82, 2.24) is 5.32 Å². The lowest BCUT2D eigenvalue weighted by Gasteiger charge is -2.22. The number of ether oxygens (including phenoxy) is 1. The third-order valence-corrected chi connectivity index (χ3v) is 4.51. The second kappa shape index (κ2) is 8.15. The van der Waals surface area contributed by atoms with E-state index in [-0.39, 0.29) is 5.97 Å². The Morgan fingerprint density at radius 1 is 1.12 bits per heavy atom. The molecule has 0 bridgehead atoms. The molecule has 2 aromatic rings. The number of furan rings is 1. The Labute approximate surface area is 143 Å². The predicted molar refractivity (Wildman–Crippen MR) is 93.8 cm³/mol. The summed E-state index contributed by atoms with van der Waals surface area (Å²) in [5.41, 5.74) is 1.53. The fraction of sp³-hybridized carbons (Fsp3) is 0.450. The molecule has 0 radical (unpaired) electrons. The van der Waals surface area contributed by atoms with Crippen molar-refractivity contribution in [2.24, 2.45) is 0 Å². The molecule has 4 heteroatoms. The van der Waals surface area contributed by atoms with Crippen LogP contribution in [0.4, 0.5) is 0 Å². The van der Waals surface area contributed by atoms with Crippen LogP contribution in [0.1, 0.15) is 55.1 Å². The number of carbonyl (C=O) groups excluding carboxylic acids is 1. The van der Waals surface area contributed by atoms with Gasteiger partial charge >= 0.3 is 5.97 Å². The number of carbonyl (C=O) groups is 1. The van der Waals surface area contributed by atoms with E-state index in [9.17, 15) is 4.79 Å². The van der Waals surface area contributed by atoms with E-state index >= 15 is 0 Å². The lowest BCUT2D eigenvalue weighted by molar-refractivity contribution is 0.0526. The zero-order valence-corrected chi connectivity index (χ0v) is 14.2. The first-order valence-corrected chi connectivity index (χ1v) is 8.86. The van der Waals surface area contributed by atoms with Crippen molar-refractivity contribution in [3.8, 4) is 11.3 Å². The fourth-order valence-electron chi connectivity index (χ4n) is 3.16. The lowest BCUT2D eigenvalue weighted by atomic mass is 9.95. The molecule has 1 fully saturated rings. The Balaban J connectivity index is 1.59. The van der Waals surface area contributed by atoms with Crippen molar-refractivity contribution in [3.63, 3.8) is 0 Å². The average Bonchev–Trinajstić information content (AvgIpc) is 3.10. The first kappa shape index (κ1) is 16.8. The van der Waals surface area contributed by atoms with Gasteiger partial charge in [-0.25, -0.2) is 4.79 Å². The Bertz CT molecular complexity index is 654. The number of nitrogens with one attached hydrogen (secondary N) is 1. The summed E-state index contributed by atoms with van der Waals surface area (Å²) in [5, 5.41) is 3.59. The summed E-state index contributed by atoms with van der Waals surface area (Å²) in [6.07, 6.45) is 6.55. The van der Waals surface area contributed by atoms with Crippen LogP contribution in [-0.4, -0.2) is 18.6 Å². The third kappa shape index (κ3) is 4.26. The molecule has 1 aromatic carbocycles. The Kier molecular flexibility index (Phi) is 5.70. The monoisotopic (exact) mass is 327 g/mol. The number of rotatable bonds is 6. The van der Waals surface area contributed by atoms with Gasteiger partial charge in [0.15, 0.2) is 0 Å². The molecule has 0 spiro atoms. The molecular weight excluding hydrogens is 302 g/mol. The van der Waals surface area contributed by atoms with Gasteiger partial charge in [-0.15, -0.1) is 0 Å². The largest absolute Gasteiger partial charge is 0.462 e. The van der Waals surface area contributed by atoms with Gasteiger partial charge in [0.25, 0.3) is 0 Å². The molecule has 0 unspecified atom stereocenters. The SMILES string of the molecule is CCOC(=O)c1ccc(-c2ccc(CNC3CCCCC3)o2)cc1. The van der Waals surface area contributed by atoms with Crippen LogP contribution < -0.4 is 5.32 Å². The van der Waals surface area contributed by atoms with E-state index in [1.807, 2.05) is 24.3 Å². The normalized spacial score (nSPS) is 15.4. The summed E-state index contributed by atoms with van der Waals surface area (Å²) >= 11 is 0. The molecular formula is C20H25NO3. The minimum Gasteiger partial charge on any atom is -0.462 e. The van der Waals surface area contributed by atoms with Crippen LogP contribution in [0.5, 0.6) is 0 Å². The smallest absolute Gasteiger partial charge is 0.338 e. The first-order valence-electron chi connectivity index (χ1n) is 8.86. The standard InChI is InChI=1S/C20H25NO3/c1-2-23-20(22)16-10-8-15(9-11-16)19-13-12-18(24-19)14-21-17-6-4-3-5-7-17/h8-13,17,21H,2-7,14H2,1H3. The molecule has 1 aliphatic rings. The van der Waals surface area contributed by atoms with Gasteiger partial charge in [-0.3, -0.25) is 0 Å². The lowest BCUT2D eigenvalue weighted by Crippen LogP contribution is -2.30. The molecule has 1 aliphatic carbocycles. The number of benzene rings is 1. The van der Waals surface area contributed by atoms with E-state index in [0.717, 1.165) is 23.6 Å². The van der Waals surface area contributed by atoms with Crippen LogP contribution in [0.3, 0.4) is 0 Å². The van der Waals surface area contributed by atoms with E-state index in [1.54, 1.807) is 19.1 Å². The third-order valence-electron chi connectivity index (χ3n) is 4.51. The van der Waals surface area contributed by atoms with Gasteiger partial charge in [-0.05, 0) is 44.0 Å². The predicted octanol–water partition coefficient (Wildman–Crippen LogP) is 4.55. The molecule has 0 atom stereocenters. The summed E-state index contributed by atoms with van der Waals surface area (Å²) in [7, 11) is 0. The van der Waals surface area contributed by atoms with Crippen molar-refractivity contribution in [3.05, 3.63) is 47.7 Å². The Morgan fingerprint density at radius 2 is 1.88 bits per heavy atom. The maximum atomic E-state index is 11.7. The highest BCUT2D eigenvalue weighted by Crippen LogP contribution is 2.23. The van der Waals surface area contributed by atoms with Crippen LogP contribution in [-0.2, 0) is 11.3 Å². The van der Waals surface area contributed by atoms with Gasteiger partial charge in [-0.1, -0.05) is 31.4 Å². The van der Waals surface area contributed by atoms with Gasteiger partial charge in [-0.2, -0.15) is 0 Å². The highest BCUT2D eigenvalue weighted by molar-refractivity contribution is 5.89. The van der Waals surface area contributed by atoms with Gasteiger partial charge in [0.05, 0.1) is 18.7 Å². The fourth-order valence-corrected chi connectivity index (χ4v) is 3.16. The summed E-state index contributed by atoms with van der Waals surface area (Å²) in [5.74, 6) is 1.48. The highest BCUT2D eigenvalue weighted by Gasteiger charge is 2.14. The molecule has 4 nitrogen and oxygen atoms in total. The molecule has 0 aliphatic heterocycles. The summed E-state index contributed by atoms with van der Waals surface area (Å²) < 4.78 is 10.9. The molecule has 128 valence electrons. The molecule has 0 amide bonds. The molecule has 1 saturated carbocycles. The topological polar surface area (TPSA) is 51.5 Å². The molecule has 1 N–H and O–H groups in total. The van der Waals surface area contributed by atoms with Crippen molar-refractivity contribution in [2.45, 2.75) is 51.6 Å². The number of hydrogen-bond donors (Lipinski definition) is 1. The van der Waals surface area contributed by atoms with Crippen LogP contribution in [0, 0.1) is 0 Å². The van der Waals surface area contributed by atoms with Crippen molar-refractivity contribution in [2.75, 3.05) is 6.61 Å². The molecule has 1 heterocycles. The van der Waals surface area contributed by atoms with E-state index in [1.165, 1.54) is 32.1 Å². The molecule has 1 aromatic heterocycles. The van der Waals surface area contributed by atoms with Gasteiger partial charge in [0.2, 0.25) is 0 Å². The summed E-state index contributed by atoms with van der Waals surface area (Å²) in [6, 6.07) is 12.0. The van der Waals surface area contributed by atoms with E-state index in [2.05, 4.69) is 5.32 Å². The second-order valence-corrected chi connectivity index (χ2v) is 6.28. The Hall–Kier alpha value is -2.07. The van der Waals surface area contributed by atoms with Crippen LogP contribution in [0.15, 0.2) is 40.8 Å². The molecule has 24 heavy (non-hydrogen) atoms. The zero-order chi connectivity index (χ0) is 16.8. The Morgan fingerprint density at radius 3 is 2.58 bits per heavy atom. The molecule has 3 rings (SSSR count). The van der Waals surface area contributed by atoms with E-state index < -0.39 is 0 Å². The minimum atomic E-state index is -0.291. The highest BCUT2D eigenvalue weighted by atomic mass is 16.5. The van der Waals surface area contributed by atoms with Crippen molar-refractivity contribution >= 4 is 5.97 Å². The zero-order valence-electron chi connectivity index (χ0n) is 14.2. The van der Waals surface area contributed by atoms with E-state index in [4.69, 9.17) is 9.15 Å². The maximum absolute atomic E-state index is 11.7. The van der Waals surface area contributed by atoms with Gasteiger partial charge < -0.3 is 14.5 Å². The first-order chi connectivity index (χ1) is 11.8. The number of hydrogen-bond acceptors (Lipinski definition) is 4. The quantitative estimate of drug-likeness (QED) is 0.791. The minimum absolute atomic E-state index is 0.291. The number of esters is 1. The van der Waals surface area contributed by atoms with E-state index in [0.29, 0.717) is 18.2 Å². The maximum Gasteiger partial charge on any atom is 0.338 e. The summed E-state index contributed by atoms with van der Waals surface area (Å²) in [6.45, 7) is 2.96. The van der Waals surface area contributed by atoms with Crippen molar-refractivity contribution in [1.29, 1.82) is 0 Å². The van der Waals surface area contributed by atoms with Crippen LogP contribution in [0.2, 0.25) is 0 Å². The van der Waals surface area contributed by atoms with Crippen molar-refractivity contribution < 1.29 is 13.9 Å². The van der Waals surface area contributed by atoms with Crippen LogP contribution >= 0.6 is 0 Å². The summed E-state index contributed by atoms with van der Waals surface area (Å²) in [4.78, 5) is 11.7. The van der Waals surface area contributed by atoms with Crippen LogP contribution in [0.25, 0.3) is 11.3 Å².